The number of alkyl halides is 3. The molecule has 2 aromatic rings. The van der Waals surface area contributed by atoms with E-state index in [-0.39, 0.29) is 37.8 Å². The first-order valence-corrected chi connectivity index (χ1v) is 10.4. The lowest BCUT2D eigenvalue weighted by atomic mass is 10.1. The Hall–Kier alpha value is -2.92. The number of ether oxygens (including phenoxy) is 1. The third kappa shape index (κ3) is 4.63. The Morgan fingerprint density at radius 3 is 2.72 bits per heavy atom. The molecule has 0 spiro atoms. The molecular formula is C21H24F3N5O3. The topological polar surface area (TPSA) is 90.6 Å². The number of piperazine rings is 1. The maximum atomic E-state index is 13.6. The SMILES string of the molecule is O=C(CCOCC1c2ccccc2CN1c1cn[nH]c(=O)c1C(F)(F)F)N1CCNCC1. The minimum Gasteiger partial charge on any atom is -0.378 e. The standard InChI is InChI=1S/C21H24F3N5O3/c22-21(23,24)19-16(11-26-27-20(19)31)29-12-14-3-1-2-4-15(14)17(29)13-32-10-5-18(30)28-8-6-25-7-9-28/h1-4,11,17,25H,5-10,12-13H2,(H,27,31). The Balaban J connectivity index is 1.50. The molecule has 2 aliphatic rings. The van der Waals surface area contributed by atoms with Crippen LogP contribution in [-0.4, -0.2) is 60.4 Å². The van der Waals surface area contributed by atoms with Gasteiger partial charge in [-0.15, -0.1) is 0 Å². The Morgan fingerprint density at radius 1 is 1.22 bits per heavy atom. The lowest BCUT2D eigenvalue weighted by molar-refractivity contribution is -0.138. The second kappa shape index (κ2) is 9.29. The minimum absolute atomic E-state index is 0.00618. The average molecular weight is 451 g/mol. The van der Waals surface area contributed by atoms with E-state index in [4.69, 9.17) is 4.74 Å². The zero-order valence-electron chi connectivity index (χ0n) is 17.3. The number of nitrogens with zero attached hydrogens (tertiary/aromatic N) is 3. The second-order valence-corrected chi connectivity index (χ2v) is 7.76. The van der Waals surface area contributed by atoms with Crippen molar-refractivity contribution in [2.75, 3.05) is 44.3 Å². The summed E-state index contributed by atoms with van der Waals surface area (Å²) in [5, 5.41) is 8.65. The van der Waals surface area contributed by atoms with Crippen LogP contribution in [0.3, 0.4) is 0 Å². The molecule has 0 aliphatic carbocycles. The van der Waals surface area contributed by atoms with Crippen molar-refractivity contribution in [1.82, 2.24) is 20.4 Å². The molecule has 2 aliphatic heterocycles. The number of aromatic nitrogens is 2. The van der Waals surface area contributed by atoms with Gasteiger partial charge in [0.1, 0.15) is 5.56 Å². The van der Waals surface area contributed by atoms with Crippen LogP contribution in [0.15, 0.2) is 35.3 Å². The van der Waals surface area contributed by atoms with Gasteiger partial charge in [-0.25, -0.2) is 5.10 Å². The zero-order chi connectivity index (χ0) is 22.7. The highest BCUT2D eigenvalue weighted by Gasteiger charge is 2.41. The van der Waals surface area contributed by atoms with E-state index in [9.17, 15) is 22.8 Å². The summed E-state index contributed by atoms with van der Waals surface area (Å²) in [6.07, 6.45) is -3.60. The summed E-state index contributed by atoms with van der Waals surface area (Å²) in [5.41, 5.74) is -1.17. The van der Waals surface area contributed by atoms with Crippen LogP contribution in [-0.2, 0) is 22.3 Å². The van der Waals surface area contributed by atoms with Crippen molar-refractivity contribution in [3.8, 4) is 0 Å². The number of amides is 1. The number of halogens is 3. The van der Waals surface area contributed by atoms with Gasteiger partial charge in [0.15, 0.2) is 0 Å². The fraction of sp³-hybridized carbons (Fsp3) is 0.476. The summed E-state index contributed by atoms with van der Waals surface area (Å²) in [4.78, 5) is 27.5. The first kappa shape index (κ1) is 22.3. The van der Waals surface area contributed by atoms with E-state index in [2.05, 4.69) is 10.4 Å². The van der Waals surface area contributed by atoms with Gasteiger partial charge >= 0.3 is 6.18 Å². The number of anilines is 1. The highest BCUT2D eigenvalue weighted by atomic mass is 19.4. The number of rotatable bonds is 6. The lowest BCUT2D eigenvalue weighted by Gasteiger charge is -2.29. The van der Waals surface area contributed by atoms with Crippen LogP contribution < -0.4 is 15.8 Å². The van der Waals surface area contributed by atoms with Crippen molar-refractivity contribution in [2.24, 2.45) is 0 Å². The summed E-state index contributed by atoms with van der Waals surface area (Å²) < 4.78 is 46.7. The quantitative estimate of drug-likeness (QED) is 0.650. The number of hydrogen-bond donors (Lipinski definition) is 2. The molecular weight excluding hydrogens is 427 g/mol. The third-order valence-corrected chi connectivity index (χ3v) is 5.77. The highest BCUT2D eigenvalue weighted by molar-refractivity contribution is 5.76. The molecule has 1 aromatic carbocycles. The smallest absolute Gasteiger partial charge is 0.378 e. The minimum atomic E-state index is -4.83. The molecule has 1 amide bonds. The molecule has 1 fully saturated rings. The van der Waals surface area contributed by atoms with Crippen LogP contribution in [0.25, 0.3) is 0 Å². The Labute approximate surface area is 182 Å². The van der Waals surface area contributed by atoms with E-state index in [1.54, 1.807) is 4.90 Å². The fourth-order valence-electron chi connectivity index (χ4n) is 4.21. The molecule has 1 atom stereocenters. The molecule has 1 aromatic heterocycles. The molecule has 172 valence electrons. The first-order chi connectivity index (χ1) is 15.4. The molecule has 1 unspecified atom stereocenters. The van der Waals surface area contributed by atoms with Crippen molar-refractivity contribution >= 4 is 11.6 Å². The summed E-state index contributed by atoms with van der Waals surface area (Å²) in [6.45, 7) is 3.25. The number of aromatic amines is 1. The van der Waals surface area contributed by atoms with Crippen LogP contribution in [0, 0.1) is 0 Å². The van der Waals surface area contributed by atoms with Gasteiger partial charge in [-0.1, -0.05) is 24.3 Å². The van der Waals surface area contributed by atoms with Crippen molar-refractivity contribution in [3.05, 3.63) is 57.5 Å². The number of nitrogens with one attached hydrogen (secondary N) is 2. The average Bonchev–Trinajstić information content (AvgIpc) is 3.14. The van der Waals surface area contributed by atoms with E-state index < -0.39 is 23.3 Å². The van der Waals surface area contributed by atoms with Gasteiger partial charge in [0, 0.05) is 32.7 Å². The van der Waals surface area contributed by atoms with Crippen molar-refractivity contribution in [1.29, 1.82) is 0 Å². The summed E-state index contributed by atoms with van der Waals surface area (Å²) >= 11 is 0. The number of fused-ring (bicyclic) bond motifs is 1. The largest absolute Gasteiger partial charge is 0.423 e. The van der Waals surface area contributed by atoms with Gasteiger partial charge in [-0.05, 0) is 11.1 Å². The van der Waals surface area contributed by atoms with E-state index in [0.717, 1.165) is 30.4 Å². The fourth-order valence-corrected chi connectivity index (χ4v) is 4.21. The molecule has 32 heavy (non-hydrogen) atoms. The second-order valence-electron chi connectivity index (χ2n) is 7.76. The van der Waals surface area contributed by atoms with Gasteiger partial charge < -0.3 is 19.9 Å². The Kier molecular flexibility index (Phi) is 6.47. The van der Waals surface area contributed by atoms with Crippen LogP contribution in [0.5, 0.6) is 0 Å². The monoisotopic (exact) mass is 451 g/mol. The van der Waals surface area contributed by atoms with Crippen molar-refractivity contribution in [3.63, 3.8) is 0 Å². The molecule has 0 bridgehead atoms. The maximum absolute atomic E-state index is 13.6. The molecule has 3 heterocycles. The summed E-state index contributed by atoms with van der Waals surface area (Å²) in [7, 11) is 0. The van der Waals surface area contributed by atoms with E-state index in [1.807, 2.05) is 29.4 Å². The van der Waals surface area contributed by atoms with Crippen LogP contribution >= 0.6 is 0 Å². The van der Waals surface area contributed by atoms with Crippen molar-refractivity contribution < 1.29 is 22.7 Å². The number of benzene rings is 1. The van der Waals surface area contributed by atoms with Gasteiger partial charge in [0.05, 0.1) is 37.6 Å². The highest BCUT2D eigenvalue weighted by Crippen LogP contribution is 2.41. The third-order valence-electron chi connectivity index (χ3n) is 5.77. The number of H-pyrrole nitrogens is 1. The van der Waals surface area contributed by atoms with Crippen LogP contribution in [0.4, 0.5) is 18.9 Å². The molecule has 0 radical (unpaired) electrons. The lowest BCUT2D eigenvalue weighted by Crippen LogP contribution is -2.46. The van der Waals surface area contributed by atoms with E-state index >= 15 is 0 Å². The Morgan fingerprint density at radius 2 is 1.97 bits per heavy atom. The molecule has 4 rings (SSSR count). The molecule has 2 N–H and O–H groups in total. The Bertz CT molecular complexity index is 1020. The predicted molar refractivity (Wildman–Crippen MR) is 110 cm³/mol. The number of carbonyl (C=O) groups is 1. The van der Waals surface area contributed by atoms with E-state index in [1.165, 1.54) is 4.90 Å². The normalized spacial score (nSPS) is 18.7. The number of hydrogen-bond acceptors (Lipinski definition) is 6. The molecule has 8 nitrogen and oxygen atoms in total. The summed E-state index contributed by atoms with van der Waals surface area (Å²) in [5.74, 6) is -0.00618. The van der Waals surface area contributed by atoms with Crippen LogP contribution in [0.2, 0.25) is 0 Å². The predicted octanol–water partition coefficient (Wildman–Crippen LogP) is 1.69. The number of carbonyl (C=O) groups excluding carboxylic acids is 1. The van der Waals surface area contributed by atoms with Gasteiger partial charge in [0.25, 0.3) is 5.56 Å². The van der Waals surface area contributed by atoms with Gasteiger partial charge in [-0.2, -0.15) is 18.3 Å². The summed E-state index contributed by atoms with van der Waals surface area (Å²) in [6, 6.07) is 6.76. The first-order valence-electron chi connectivity index (χ1n) is 10.4. The van der Waals surface area contributed by atoms with Gasteiger partial charge in [-0.3, -0.25) is 9.59 Å². The van der Waals surface area contributed by atoms with Crippen molar-refractivity contribution in [2.45, 2.75) is 25.2 Å². The molecule has 1 saturated heterocycles. The van der Waals surface area contributed by atoms with Gasteiger partial charge in [0.2, 0.25) is 5.91 Å². The molecule has 0 saturated carbocycles. The zero-order valence-corrected chi connectivity index (χ0v) is 17.3. The van der Waals surface area contributed by atoms with Crippen LogP contribution in [0.1, 0.15) is 29.2 Å². The van der Waals surface area contributed by atoms with E-state index in [0.29, 0.717) is 13.1 Å². The molecule has 11 heteroatoms. The maximum Gasteiger partial charge on any atom is 0.423 e.